The van der Waals surface area contributed by atoms with E-state index in [9.17, 15) is 14.0 Å². The minimum Gasteiger partial charge on any atom is -0.460 e. The van der Waals surface area contributed by atoms with Gasteiger partial charge in [0.05, 0.1) is 16.7 Å². The van der Waals surface area contributed by atoms with Crippen molar-refractivity contribution in [3.05, 3.63) is 145 Å². The molecule has 3 rings (SSSR count). The van der Waals surface area contributed by atoms with Gasteiger partial charge in [0, 0.05) is 17.7 Å². The Kier molecular flexibility index (Phi) is 10.5. The van der Waals surface area contributed by atoms with Gasteiger partial charge in [0.25, 0.3) is 0 Å². The van der Waals surface area contributed by atoms with Crippen LogP contribution in [0.3, 0.4) is 0 Å². The first-order valence-corrected chi connectivity index (χ1v) is 11.3. The SMILES string of the molecule is C=CC(=O)OC=COc1ccccc1C#Cc1ccc(C#Cc2ccccc2OC=COC(=O)C=C)c(F)c1. The highest BCUT2D eigenvalue weighted by Crippen LogP contribution is 2.19. The van der Waals surface area contributed by atoms with Crippen LogP contribution >= 0.6 is 0 Å². The van der Waals surface area contributed by atoms with Crippen molar-refractivity contribution in [2.45, 2.75) is 0 Å². The molecular weight excluding hydrogens is 499 g/mol. The molecule has 3 aromatic rings. The Hall–Kier alpha value is -5.79. The topological polar surface area (TPSA) is 71.1 Å². The van der Waals surface area contributed by atoms with Gasteiger partial charge in [-0.15, -0.1) is 0 Å². The van der Waals surface area contributed by atoms with E-state index >= 15 is 0 Å². The Morgan fingerprint density at radius 3 is 1.64 bits per heavy atom. The van der Waals surface area contributed by atoms with E-state index in [-0.39, 0.29) is 5.56 Å². The predicted molar refractivity (Wildman–Crippen MR) is 143 cm³/mol. The molecule has 0 bridgehead atoms. The van der Waals surface area contributed by atoms with Crippen LogP contribution in [0.4, 0.5) is 4.39 Å². The minimum absolute atomic E-state index is 0.175. The molecule has 0 aliphatic rings. The van der Waals surface area contributed by atoms with Gasteiger partial charge in [0.15, 0.2) is 0 Å². The number of hydrogen-bond acceptors (Lipinski definition) is 6. The molecule has 39 heavy (non-hydrogen) atoms. The van der Waals surface area contributed by atoms with Crippen molar-refractivity contribution in [1.29, 1.82) is 0 Å². The van der Waals surface area contributed by atoms with Crippen molar-refractivity contribution in [2.75, 3.05) is 0 Å². The monoisotopic (exact) mass is 520 g/mol. The number of para-hydroxylation sites is 2. The summed E-state index contributed by atoms with van der Waals surface area (Å²) in [6.07, 6.45) is 6.61. The van der Waals surface area contributed by atoms with Crippen LogP contribution in [0.1, 0.15) is 22.3 Å². The molecule has 3 aromatic carbocycles. The molecule has 0 heterocycles. The number of hydrogen-bond donors (Lipinski definition) is 0. The van der Waals surface area contributed by atoms with E-state index in [4.69, 9.17) is 18.9 Å². The van der Waals surface area contributed by atoms with E-state index < -0.39 is 17.8 Å². The highest BCUT2D eigenvalue weighted by Gasteiger charge is 2.03. The number of esters is 2. The van der Waals surface area contributed by atoms with Crippen LogP contribution in [-0.2, 0) is 19.1 Å². The zero-order valence-corrected chi connectivity index (χ0v) is 20.6. The Labute approximate surface area is 225 Å². The van der Waals surface area contributed by atoms with E-state index in [1.54, 1.807) is 54.6 Å². The minimum atomic E-state index is -0.620. The molecule has 0 saturated heterocycles. The highest BCUT2D eigenvalue weighted by atomic mass is 19.1. The molecule has 0 aliphatic heterocycles. The summed E-state index contributed by atoms with van der Waals surface area (Å²) in [6, 6.07) is 18.3. The maximum Gasteiger partial charge on any atom is 0.335 e. The van der Waals surface area contributed by atoms with Gasteiger partial charge in [0.2, 0.25) is 0 Å². The van der Waals surface area contributed by atoms with Gasteiger partial charge < -0.3 is 18.9 Å². The van der Waals surface area contributed by atoms with Crippen molar-refractivity contribution in [3.63, 3.8) is 0 Å². The largest absolute Gasteiger partial charge is 0.460 e. The fourth-order valence-corrected chi connectivity index (χ4v) is 2.80. The summed E-state index contributed by atoms with van der Waals surface area (Å²) in [4.78, 5) is 22.1. The lowest BCUT2D eigenvalue weighted by atomic mass is 10.1. The average molecular weight is 521 g/mol. The highest BCUT2D eigenvalue weighted by molar-refractivity contribution is 5.82. The lowest BCUT2D eigenvalue weighted by Gasteiger charge is -2.03. The summed E-state index contributed by atoms with van der Waals surface area (Å²) in [5, 5.41) is 0. The molecule has 0 aromatic heterocycles. The number of carbonyl (C=O) groups is 2. The number of ether oxygens (including phenoxy) is 4. The number of rotatable bonds is 8. The molecule has 0 aliphatic carbocycles. The fourth-order valence-electron chi connectivity index (χ4n) is 2.80. The lowest BCUT2D eigenvalue weighted by Crippen LogP contribution is -1.93. The van der Waals surface area contributed by atoms with E-state index in [1.807, 2.05) is 0 Å². The quantitative estimate of drug-likeness (QED) is 0.162. The second-order valence-electron chi connectivity index (χ2n) is 7.25. The molecular formula is C32H21FO6. The predicted octanol–water partition coefficient (Wildman–Crippen LogP) is 5.78. The summed E-state index contributed by atoms with van der Waals surface area (Å²) in [5.74, 6) is 10.6. The summed E-state index contributed by atoms with van der Waals surface area (Å²) in [7, 11) is 0. The maximum atomic E-state index is 14.8. The number of carbonyl (C=O) groups excluding carboxylic acids is 2. The second-order valence-corrected chi connectivity index (χ2v) is 7.25. The average Bonchev–Trinajstić information content (AvgIpc) is 2.96. The normalized spacial score (nSPS) is 9.97. The molecule has 0 saturated carbocycles. The van der Waals surface area contributed by atoms with Crippen LogP contribution in [0.25, 0.3) is 0 Å². The van der Waals surface area contributed by atoms with Gasteiger partial charge in [-0.2, -0.15) is 0 Å². The molecule has 192 valence electrons. The molecule has 6 nitrogen and oxygen atoms in total. The molecule has 0 unspecified atom stereocenters. The van der Waals surface area contributed by atoms with E-state index in [1.165, 1.54) is 24.7 Å². The Morgan fingerprint density at radius 2 is 1.13 bits per heavy atom. The van der Waals surface area contributed by atoms with Crippen molar-refractivity contribution < 1.29 is 32.9 Å². The van der Waals surface area contributed by atoms with Gasteiger partial charge in [-0.3, -0.25) is 0 Å². The fraction of sp³-hybridized carbons (Fsp3) is 0. The Bertz CT molecular complexity index is 1560. The summed E-state index contributed by atoms with van der Waals surface area (Å²) < 4.78 is 35.1. The van der Waals surface area contributed by atoms with Crippen molar-refractivity contribution in [3.8, 4) is 35.2 Å². The van der Waals surface area contributed by atoms with Crippen LogP contribution < -0.4 is 9.47 Å². The molecule has 0 atom stereocenters. The molecule has 7 heteroatoms. The molecule has 0 spiro atoms. The van der Waals surface area contributed by atoms with Gasteiger partial charge in [-0.05, 0) is 42.5 Å². The first-order valence-electron chi connectivity index (χ1n) is 11.3. The smallest absolute Gasteiger partial charge is 0.335 e. The van der Waals surface area contributed by atoms with Gasteiger partial charge >= 0.3 is 11.9 Å². The number of benzene rings is 3. The maximum absolute atomic E-state index is 14.8. The molecule has 0 fully saturated rings. The number of halogens is 1. The van der Waals surface area contributed by atoms with Gasteiger partial charge in [-0.25, -0.2) is 14.0 Å². The summed E-state index contributed by atoms with van der Waals surface area (Å²) in [6.45, 7) is 6.60. The van der Waals surface area contributed by atoms with Crippen LogP contribution in [-0.4, -0.2) is 11.9 Å². The first kappa shape index (κ1) is 27.8. The third kappa shape index (κ3) is 8.98. The third-order valence-corrected chi connectivity index (χ3v) is 4.62. The van der Waals surface area contributed by atoms with E-state index in [0.717, 1.165) is 24.7 Å². The first-order chi connectivity index (χ1) is 19.0. The van der Waals surface area contributed by atoms with E-state index in [2.05, 4.69) is 36.8 Å². The molecule has 0 radical (unpaired) electrons. The van der Waals surface area contributed by atoms with Crippen molar-refractivity contribution >= 4 is 11.9 Å². The second kappa shape index (κ2) is 14.7. The van der Waals surface area contributed by atoms with Gasteiger partial charge in [0.1, 0.15) is 42.4 Å². The van der Waals surface area contributed by atoms with Crippen LogP contribution in [0, 0.1) is 29.5 Å². The zero-order chi connectivity index (χ0) is 27.9. The van der Waals surface area contributed by atoms with Gasteiger partial charge in [-0.1, -0.05) is 61.1 Å². The zero-order valence-electron chi connectivity index (χ0n) is 20.6. The van der Waals surface area contributed by atoms with Crippen molar-refractivity contribution in [1.82, 2.24) is 0 Å². The molecule has 0 amide bonds. The molecule has 0 N–H and O–H groups in total. The van der Waals surface area contributed by atoms with E-state index in [0.29, 0.717) is 28.2 Å². The van der Waals surface area contributed by atoms with Crippen molar-refractivity contribution in [2.24, 2.45) is 0 Å². The van der Waals surface area contributed by atoms with Crippen LogP contribution in [0.5, 0.6) is 11.5 Å². The Morgan fingerprint density at radius 1 is 0.641 bits per heavy atom. The summed E-state index contributed by atoms with van der Waals surface area (Å²) in [5.41, 5.74) is 1.66. The third-order valence-electron chi connectivity index (χ3n) is 4.62. The van der Waals surface area contributed by atoms with Crippen LogP contribution in [0.2, 0.25) is 0 Å². The lowest BCUT2D eigenvalue weighted by molar-refractivity contribution is -0.133. The Balaban J connectivity index is 1.72. The summed E-state index contributed by atoms with van der Waals surface area (Å²) >= 11 is 0. The standard InChI is InChI=1S/C32H21FO6/c1-3-31(34)38-21-19-36-29-11-7-5-9-26(29)16-14-24-13-15-25(28(33)23-24)17-18-27-10-6-8-12-30(27)37-20-22-39-32(35)4-2/h3-13,15,19-23H,1-2H2. The van der Waals surface area contributed by atoms with Crippen LogP contribution in [0.15, 0.2) is 117 Å².